The number of likely N-dealkylation sites (tertiary alicyclic amines) is 1. The minimum Gasteiger partial charge on any atom is -0.390 e. The maximum Gasteiger partial charge on any atom is 0.251 e. The number of nitrogens with zero attached hydrogens (tertiary/aromatic N) is 2. The summed E-state index contributed by atoms with van der Waals surface area (Å²) in [4.78, 5) is 20.1. The molecule has 2 N–H and O–H groups in total. The van der Waals surface area contributed by atoms with Gasteiger partial charge < -0.3 is 15.3 Å². The van der Waals surface area contributed by atoms with Crippen LogP contribution in [0.3, 0.4) is 0 Å². The van der Waals surface area contributed by atoms with Gasteiger partial charge in [-0.25, -0.2) is 4.98 Å². The van der Waals surface area contributed by atoms with Crippen LogP contribution in [0, 0.1) is 0 Å². The van der Waals surface area contributed by atoms with Gasteiger partial charge in [0.05, 0.1) is 27.4 Å². The van der Waals surface area contributed by atoms with E-state index >= 15 is 0 Å². The van der Waals surface area contributed by atoms with E-state index in [0.717, 1.165) is 47.3 Å². The van der Waals surface area contributed by atoms with Crippen LogP contribution in [0.25, 0.3) is 10.2 Å². The van der Waals surface area contributed by atoms with Gasteiger partial charge in [-0.2, -0.15) is 0 Å². The summed E-state index contributed by atoms with van der Waals surface area (Å²) in [6.07, 6.45) is 2.28. The molecule has 1 aromatic heterocycles. The second-order valence-electron chi connectivity index (χ2n) is 8.23. The third kappa shape index (κ3) is 3.56. The number of aliphatic hydroxyl groups excluding tert-OH is 1. The lowest BCUT2D eigenvalue weighted by Crippen LogP contribution is -2.33. The Kier molecular flexibility index (Phi) is 4.86. The average Bonchev–Trinajstić information content (AvgIpc) is 3.29. The molecule has 0 spiro atoms. The number of aromatic nitrogens is 1. The van der Waals surface area contributed by atoms with E-state index in [9.17, 15) is 9.90 Å². The molecular formula is C23H25N3O2S. The Morgan fingerprint density at radius 3 is 2.83 bits per heavy atom. The number of hydrogen-bond acceptors (Lipinski definition) is 5. The summed E-state index contributed by atoms with van der Waals surface area (Å²) in [7, 11) is 2.17. The maximum absolute atomic E-state index is 12.9. The quantitative estimate of drug-likeness (QED) is 0.698. The molecule has 0 radical (unpaired) electrons. The number of rotatable bonds is 3. The van der Waals surface area contributed by atoms with Crippen molar-refractivity contribution in [1.29, 1.82) is 0 Å². The molecule has 2 aromatic carbocycles. The number of carbonyl (C=O) groups excluding carboxylic acids is 1. The van der Waals surface area contributed by atoms with Gasteiger partial charge in [0, 0.05) is 17.9 Å². The van der Waals surface area contributed by atoms with Gasteiger partial charge in [-0.1, -0.05) is 24.3 Å². The fourth-order valence-corrected chi connectivity index (χ4v) is 5.66. The number of aliphatic hydroxyl groups is 1. The number of nitrogens with one attached hydrogen (secondary N) is 1. The van der Waals surface area contributed by atoms with Crippen LogP contribution in [0.2, 0.25) is 0 Å². The summed E-state index contributed by atoms with van der Waals surface area (Å²) in [5, 5.41) is 14.6. The van der Waals surface area contributed by atoms with E-state index in [2.05, 4.69) is 17.3 Å². The van der Waals surface area contributed by atoms with Gasteiger partial charge in [0.2, 0.25) is 0 Å². The summed E-state index contributed by atoms with van der Waals surface area (Å²) < 4.78 is 1.05. The van der Waals surface area contributed by atoms with Crippen molar-refractivity contribution in [3.8, 4) is 0 Å². The average molecular weight is 408 g/mol. The highest BCUT2D eigenvalue weighted by atomic mass is 32.1. The smallest absolute Gasteiger partial charge is 0.251 e. The summed E-state index contributed by atoms with van der Waals surface area (Å²) in [5.74, 6) is 0.368. The SMILES string of the molecule is CN1CCC(c2nc3ccc(C(=O)N[C@@H]4c5ccccc5C[C@@H]4O)cc3s2)CC1. The highest BCUT2D eigenvalue weighted by Crippen LogP contribution is 2.35. The van der Waals surface area contributed by atoms with Crippen molar-refractivity contribution in [3.05, 3.63) is 64.2 Å². The van der Waals surface area contributed by atoms with E-state index in [1.807, 2.05) is 42.5 Å². The molecule has 5 rings (SSSR count). The molecule has 1 fully saturated rings. The topological polar surface area (TPSA) is 65.5 Å². The van der Waals surface area contributed by atoms with E-state index in [1.165, 1.54) is 5.01 Å². The first kappa shape index (κ1) is 18.7. The Balaban J connectivity index is 1.36. The number of amides is 1. The molecule has 0 bridgehead atoms. The standard InChI is InChI=1S/C23H25N3O2S/c1-26-10-8-14(9-11-26)23-24-18-7-6-16(13-20(18)29-23)22(28)25-21-17-5-3-2-4-15(17)12-19(21)27/h2-7,13-14,19,21,27H,8-12H2,1H3,(H,25,28)/t19-,21+/m0/s1. The Morgan fingerprint density at radius 1 is 1.21 bits per heavy atom. The van der Waals surface area contributed by atoms with Gasteiger partial charge >= 0.3 is 0 Å². The molecule has 2 aliphatic rings. The van der Waals surface area contributed by atoms with Crippen molar-refractivity contribution >= 4 is 27.5 Å². The number of benzene rings is 2. The van der Waals surface area contributed by atoms with E-state index < -0.39 is 6.10 Å². The summed E-state index contributed by atoms with van der Waals surface area (Å²) in [5.41, 5.74) is 3.70. The van der Waals surface area contributed by atoms with Crippen LogP contribution in [0.4, 0.5) is 0 Å². The zero-order valence-electron chi connectivity index (χ0n) is 16.5. The number of thiazole rings is 1. The van der Waals surface area contributed by atoms with Gasteiger partial charge in [0.25, 0.3) is 5.91 Å². The normalized spacial score (nSPS) is 22.7. The minimum absolute atomic E-state index is 0.151. The van der Waals surface area contributed by atoms with E-state index in [0.29, 0.717) is 17.9 Å². The van der Waals surface area contributed by atoms with Gasteiger partial charge in [-0.15, -0.1) is 11.3 Å². The third-order valence-corrected chi connectivity index (χ3v) is 7.41. The second kappa shape index (κ2) is 7.52. The van der Waals surface area contributed by atoms with Crippen molar-refractivity contribution in [2.75, 3.05) is 20.1 Å². The largest absolute Gasteiger partial charge is 0.390 e. The second-order valence-corrected chi connectivity index (χ2v) is 9.30. The predicted octanol–water partition coefficient (Wildman–Crippen LogP) is 3.49. The summed E-state index contributed by atoms with van der Waals surface area (Å²) >= 11 is 1.71. The molecular weight excluding hydrogens is 382 g/mol. The van der Waals surface area contributed by atoms with Crippen LogP contribution in [-0.4, -0.2) is 47.1 Å². The Morgan fingerprint density at radius 2 is 2.00 bits per heavy atom. The first-order chi connectivity index (χ1) is 14.1. The third-order valence-electron chi connectivity index (χ3n) is 6.23. The molecule has 29 heavy (non-hydrogen) atoms. The molecule has 0 unspecified atom stereocenters. The van der Waals surface area contributed by atoms with E-state index in [1.54, 1.807) is 11.3 Å². The first-order valence-corrected chi connectivity index (χ1v) is 11.1. The van der Waals surface area contributed by atoms with Gasteiger partial charge in [-0.3, -0.25) is 4.79 Å². The molecule has 1 aliphatic heterocycles. The number of carbonyl (C=O) groups is 1. The fourth-order valence-electron chi connectivity index (χ4n) is 4.49. The van der Waals surface area contributed by atoms with E-state index in [4.69, 9.17) is 4.98 Å². The van der Waals surface area contributed by atoms with Crippen LogP contribution in [-0.2, 0) is 6.42 Å². The van der Waals surface area contributed by atoms with Gasteiger partial charge in [-0.05, 0) is 62.3 Å². The lowest BCUT2D eigenvalue weighted by atomic mass is 9.98. The number of piperidine rings is 1. The van der Waals surface area contributed by atoms with Crippen molar-refractivity contribution in [2.45, 2.75) is 37.3 Å². The summed E-state index contributed by atoms with van der Waals surface area (Å²) in [6, 6.07) is 13.3. The van der Waals surface area contributed by atoms with Gasteiger partial charge in [0.15, 0.2) is 0 Å². The fraction of sp³-hybridized carbons (Fsp3) is 0.391. The number of fused-ring (bicyclic) bond motifs is 2. The Labute approximate surface area is 174 Å². The van der Waals surface area contributed by atoms with Crippen LogP contribution >= 0.6 is 11.3 Å². The molecule has 1 saturated heterocycles. The van der Waals surface area contributed by atoms with Crippen LogP contribution in [0.15, 0.2) is 42.5 Å². The number of hydrogen-bond donors (Lipinski definition) is 2. The first-order valence-electron chi connectivity index (χ1n) is 10.2. The van der Waals surface area contributed by atoms with Crippen molar-refractivity contribution in [2.24, 2.45) is 0 Å². The molecule has 2 atom stereocenters. The van der Waals surface area contributed by atoms with E-state index in [-0.39, 0.29) is 11.9 Å². The zero-order valence-corrected chi connectivity index (χ0v) is 17.3. The lowest BCUT2D eigenvalue weighted by Gasteiger charge is -2.27. The zero-order chi connectivity index (χ0) is 20.0. The molecule has 0 saturated carbocycles. The van der Waals surface area contributed by atoms with Crippen molar-refractivity contribution in [3.63, 3.8) is 0 Å². The monoisotopic (exact) mass is 407 g/mol. The highest BCUT2D eigenvalue weighted by Gasteiger charge is 2.32. The molecule has 1 amide bonds. The highest BCUT2D eigenvalue weighted by molar-refractivity contribution is 7.18. The molecule has 3 aromatic rings. The molecule has 5 nitrogen and oxygen atoms in total. The maximum atomic E-state index is 12.9. The molecule has 1 aliphatic carbocycles. The van der Waals surface area contributed by atoms with Gasteiger partial charge in [0.1, 0.15) is 0 Å². The van der Waals surface area contributed by atoms with Crippen LogP contribution in [0.1, 0.15) is 51.3 Å². The minimum atomic E-state index is -0.584. The Hall–Kier alpha value is -2.28. The molecule has 6 heteroatoms. The summed E-state index contributed by atoms with van der Waals surface area (Å²) in [6.45, 7) is 2.22. The molecule has 150 valence electrons. The predicted molar refractivity (Wildman–Crippen MR) is 115 cm³/mol. The molecule has 2 heterocycles. The van der Waals surface area contributed by atoms with Crippen molar-refractivity contribution in [1.82, 2.24) is 15.2 Å². The van der Waals surface area contributed by atoms with Crippen LogP contribution < -0.4 is 5.32 Å². The van der Waals surface area contributed by atoms with Crippen LogP contribution in [0.5, 0.6) is 0 Å². The Bertz CT molecular complexity index is 1060. The van der Waals surface area contributed by atoms with Crippen molar-refractivity contribution < 1.29 is 9.90 Å². The lowest BCUT2D eigenvalue weighted by molar-refractivity contribution is 0.0858.